The molecule has 2 rings (SSSR count). The maximum Gasteiger partial charge on any atom is 0.0295 e. The molecule has 2 aliphatic heterocycles. The van der Waals surface area contributed by atoms with Gasteiger partial charge in [-0.15, -0.1) is 0 Å². The van der Waals surface area contributed by atoms with E-state index in [0.29, 0.717) is 6.04 Å². The molecule has 2 saturated heterocycles. The van der Waals surface area contributed by atoms with E-state index >= 15 is 0 Å². The summed E-state index contributed by atoms with van der Waals surface area (Å²) in [6.07, 6.45) is 2.35. The van der Waals surface area contributed by atoms with E-state index in [4.69, 9.17) is 11.7 Å². The number of hydrazine groups is 2. The second kappa shape index (κ2) is 2.71. The van der Waals surface area contributed by atoms with Gasteiger partial charge in [0.25, 0.3) is 0 Å². The summed E-state index contributed by atoms with van der Waals surface area (Å²) in [7, 11) is 0. The smallest absolute Gasteiger partial charge is 0.0295 e. The summed E-state index contributed by atoms with van der Waals surface area (Å²) in [6, 6.07) is 0.606. The quantitative estimate of drug-likeness (QED) is 0.448. The molecular formula is C7H16N4. The van der Waals surface area contributed by atoms with Crippen LogP contribution in [-0.2, 0) is 0 Å². The highest BCUT2D eigenvalue weighted by atomic mass is 15.5. The Bertz CT molecular complexity index is 149. The van der Waals surface area contributed by atoms with Gasteiger partial charge in [0.05, 0.1) is 0 Å². The maximum atomic E-state index is 5.81. The van der Waals surface area contributed by atoms with Crippen molar-refractivity contribution in [1.29, 1.82) is 0 Å². The van der Waals surface area contributed by atoms with Gasteiger partial charge in [0.15, 0.2) is 0 Å². The highest BCUT2D eigenvalue weighted by molar-refractivity contribution is 4.89. The number of rotatable bonds is 0. The summed E-state index contributed by atoms with van der Waals surface area (Å²) in [5.41, 5.74) is 0. The van der Waals surface area contributed by atoms with Gasteiger partial charge in [-0.3, -0.25) is 11.7 Å². The molecule has 4 N–H and O–H groups in total. The van der Waals surface area contributed by atoms with Gasteiger partial charge in [-0.1, -0.05) is 0 Å². The monoisotopic (exact) mass is 156 g/mol. The highest BCUT2D eigenvalue weighted by Crippen LogP contribution is 2.27. The molecule has 0 aromatic heterocycles. The molecule has 0 aromatic rings. The molecule has 2 heterocycles. The van der Waals surface area contributed by atoms with Gasteiger partial charge in [0.2, 0.25) is 0 Å². The molecule has 0 aromatic carbocycles. The fraction of sp³-hybridized carbons (Fsp3) is 1.00. The van der Waals surface area contributed by atoms with Gasteiger partial charge < -0.3 is 0 Å². The fourth-order valence-electron chi connectivity index (χ4n) is 2.25. The Kier molecular flexibility index (Phi) is 1.85. The average Bonchev–Trinajstić information content (AvgIpc) is 2.32. The molecule has 4 heteroatoms. The minimum atomic E-state index is 0.606. The fourth-order valence-corrected chi connectivity index (χ4v) is 2.25. The van der Waals surface area contributed by atoms with Gasteiger partial charge in [0.1, 0.15) is 0 Å². The van der Waals surface area contributed by atoms with Gasteiger partial charge in [-0.05, 0) is 18.8 Å². The average molecular weight is 156 g/mol. The van der Waals surface area contributed by atoms with Crippen LogP contribution in [0.25, 0.3) is 0 Å². The number of fused-ring (bicyclic) bond motifs is 1. The number of piperidine rings is 1. The first kappa shape index (κ1) is 7.49. The zero-order chi connectivity index (χ0) is 7.84. The van der Waals surface area contributed by atoms with Gasteiger partial charge >= 0.3 is 0 Å². The molecule has 2 fully saturated rings. The summed E-state index contributed by atoms with van der Waals surface area (Å²) in [5.74, 6) is 12.2. The van der Waals surface area contributed by atoms with Crippen molar-refractivity contribution in [2.75, 3.05) is 19.6 Å². The third-order valence-corrected chi connectivity index (χ3v) is 2.91. The number of hydrogen-bond donors (Lipinski definition) is 2. The minimum absolute atomic E-state index is 0.606. The molecule has 4 nitrogen and oxygen atoms in total. The Labute approximate surface area is 67.1 Å². The van der Waals surface area contributed by atoms with Crippen LogP contribution in [0.15, 0.2) is 0 Å². The standard InChI is InChI=1S/C7H16N4/c8-10-3-2-7-6(5-10)1-4-11(7)9/h6-7H,1-5,8-9H2. The van der Waals surface area contributed by atoms with E-state index in [1.165, 1.54) is 6.42 Å². The predicted molar refractivity (Wildman–Crippen MR) is 43.2 cm³/mol. The Morgan fingerprint density at radius 3 is 2.73 bits per heavy atom. The molecular weight excluding hydrogens is 140 g/mol. The molecule has 2 atom stereocenters. The van der Waals surface area contributed by atoms with Crippen LogP contribution in [0.3, 0.4) is 0 Å². The third-order valence-electron chi connectivity index (χ3n) is 2.91. The molecule has 11 heavy (non-hydrogen) atoms. The summed E-state index contributed by atoms with van der Waals surface area (Å²) < 4.78 is 0. The van der Waals surface area contributed by atoms with E-state index in [9.17, 15) is 0 Å². The van der Waals surface area contributed by atoms with Crippen molar-refractivity contribution >= 4 is 0 Å². The zero-order valence-electron chi connectivity index (χ0n) is 6.74. The van der Waals surface area contributed by atoms with Crippen LogP contribution in [-0.4, -0.2) is 35.7 Å². The summed E-state index contributed by atoms with van der Waals surface area (Å²) in [6.45, 7) is 3.07. The summed E-state index contributed by atoms with van der Waals surface area (Å²) in [5, 5.41) is 3.90. The second-order valence-corrected chi connectivity index (χ2v) is 3.64. The largest absolute Gasteiger partial charge is 0.269 e. The van der Waals surface area contributed by atoms with Gasteiger partial charge in [-0.25, -0.2) is 10.0 Å². The van der Waals surface area contributed by atoms with E-state index in [-0.39, 0.29) is 0 Å². The molecule has 0 radical (unpaired) electrons. The topological polar surface area (TPSA) is 58.5 Å². The van der Waals surface area contributed by atoms with Crippen molar-refractivity contribution in [3.63, 3.8) is 0 Å². The number of nitrogens with two attached hydrogens (primary N) is 2. The van der Waals surface area contributed by atoms with Crippen molar-refractivity contribution in [3.8, 4) is 0 Å². The van der Waals surface area contributed by atoms with E-state index < -0.39 is 0 Å². The van der Waals surface area contributed by atoms with Crippen LogP contribution in [0.2, 0.25) is 0 Å². The van der Waals surface area contributed by atoms with E-state index in [1.807, 2.05) is 10.0 Å². The Balaban J connectivity index is 2.00. The molecule has 2 aliphatic rings. The number of hydrogen-bond acceptors (Lipinski definition) is 4. The Hall–Kier alpha value is -0.160. The molecule has 0 aliphatic carbocycles. The Morgan fingerprint density at radius 2 is 1.91 bits per heavy atom. The van der Waals surface area contributed by atoms with Crippen molar-refractivity contribution in [1.82, 2.24) is 10.0 Å². The first-order chi connectivity index (χ1) is 5.27. The molecule has 0 saturated carbocycles. The van der Waals surface area contributed by atoms with Crippen LogP contribution in [0, 0.1) is 5.92 Å². The Morgan fingerprint density at radius 1 is 1.09 bits per heavy atom. The van der Waals surface area contributed by atoms with Crippen LogP contribution in [0.1, 0.15) is 12.8 Å². The minimum Gasteiger partial charge on any atom is -0.269 e. The zero-order valence-corrected chi connectivity index (χ0v) is 6.74. The lowest BCUT2D eigenvalue weighted by atomic mass is 9.94. The lowest BCUT2D eigenvalue weighted by Crippen LogP contribution is -2.50. The first-order valence-corrected chi connectivity index (χ1v) is 4.28. The molecule has 64 valence electrons. The van der Waals surface area contributed by atoms with Crippen molar-refractivity contribution in [2.24, 2.45) is 17.6 Å². The van der Waals surface area contributed by atoms with Crippen molar-refractivity contribution in [2.45, 2.75) is 18.9 Å². The lowest BCUT2D eigenvalue weighted by molar-refractivity contribution is 0.113. The van der Waals surface area contributed by atoms with Crippen molar-refractivity contribution in [3.05, 3.63) is 0 Å². The normalized spacial score (nSPS) is 40.9. The van der Waals surface area contributed by atoms with Crippen LogP contribution >= 0.6 is 0 Å². The molecule has 0 spiro atoms. The predicted octanol–water partition coefficient (Wildman–Crippen LogP) is -0.870. The SMILES string of the molecule is NN1CCC2C(CCN2N)C1. The van der Waals surface area contributed by atoms with Gasteiger partial charge in [-0.2, -0.15) is 0 Å². The van der Waals surface area contributed by atoms with Crippen LogP contribution < -0.4 is 11.7 Å². The van der Waals surface area contributed by atoms with E-state index in [2.05, 4.69) is 0 Å². The summed E-state index contributed by atoms with van der Waals surface area (Å²) >= 11 is 0. The number of nitrogens with zero attached hydrogens (tertiary/aromatic N) is 2. The lowest BCUT2D eigenvalue weighted by Gasteiger charge is -2.33. The highest BCUT2D eigenvalue weighted by Gasteiger charge is 2.35. The maximum absolute atomic E-state index is 5.81. The molecule has 0 bridgehead atoms. The third kappa shape index (κ3) is 1.27. The van der Waals surface area contributed by atoms with Crippen LogP contribution in [0.4, 0.5) is 0 Å². The molecule has 2 unspecified atom stereocenters. The van der Waals surface area contributed by atoms with E-state index in [0.717, 1.165) is 32.0 Å². The van der Waals surface area contributed by atoms with Crippen LogP contribution in [0.5, 0.6) is 0 Å². The van der Waals surface area contributed by atoms with E-state index in [1.54, 1.807) is 0 Å². The van der Waals surface area contributed by atoms with Crippen molar-refractivity contribution < 1.29 is 0 Å². The van der Waals surface area contributed by atoms with Gasteiger partial charge in [0, 0.05) is 25.7 Å². The second-order valence-electron chi connectivity index (χ2n) is 3.64. The molecule has 0 amide bonds. The first-order valence-electron chi connectivity index (χ1n) is 4.28. The summed E-state index contributed by atoms with van der Waals surface area (Å²) in [4.78, 5) is 0.